The molecule has 0 aromatic heterocycles. The topological polar surface area (TPSA) is 54.4 Å². The first-order chi connectivity index (χ1) is 1.73. The van der Waals surface area contributed by atoms with Gasteiger partial charge in [0.2, 0.25) is 0 Å². The van der Waals surface area contributed by atoms with Gasteiger partial charge >= 0.3 is 0 Å². The van der Waals surface area contributed by atoms with Crippen LogP contribution in [0.2, 0.25) is 0 Å². The Labute approximate surface area is 80.0 Å². The molecule has 0 unspecified atom stereocenters. The molecule has 0 saturated heterocycles. The van der Waals surface area contributed by atoms with E-state index in [0.29, 0.717) is 0 Å². The van der Waals surface area contributed by atoms with E-state index in [2.05, 4.69) is 0 Å². The minimum Gasteiger partial charge on any atom is -0.439 e. The van der Waals surface area contributed by atoms with Crippen molar-refractivity contribution in [2.24, 2.45) is 0 Å². The van der Waals surface area contributed by atoms with E-state index in [1.807, 2.05) is 0 Å². The third-order valence-electron chi connectivity index (χ3n) is 0. The summed E-state index contributed by atoms with van der Waals surface area (Å²) >= 11 is 0. The fraction of sp³-hybridized carbons (Fsp3) is 0. The van der Waals surface area contributed by atoms with Gasteiger partial charge in [0.05, 0.1) is 0 Å². The van der Waals surface area contributed by atoms with Crippen LogP contribution in [0.1, 0.15) is 0 Å². The van der Waals surface area contributed by atoms with Gasteiger partial charge in [0, 0.05) is 68.2 Å². The molecule has 1 N–H and O–H groups in total. The molecular weight excluding hydrogens is 186 g/mol. The number of hydrogen-bond donors (Lipinski definition) is 1. The first-order valence-electron chi connectivity index (χ1n) is 0.516. The maximum absolute atomic E-state index is 8.56. The molecule has 0 rings (SSSR count). The molecule has 0 aliphatic rings. The molecule has 2 radical (unpaired) electrons. The minimum absolute atomic E-state index is 0. The summed E-state index contributed by atoms with van der Waals surface area (Å²) in [4.78, 5) is 0. The van der Waals surface area contributed by atoms with Gasteiger partial charge in [-0.15, -0.1) is 0 Å². The first-order valence-corrected chi connectivity index (χ1v) is 1.55. The van der Waals surface area contributed by atoms with Crippen LogP contribution in [-0.2, 0) is 38.9 Å². The monoisotopic (exact) mass is 185 g/mol. The van der Waals surface area contributed by atoms with Crippen molar-refractivity contribution in [2.45, 2.75) is 0 Å². The van der Waals surface area contributed by atoms with E-state index in [1.54, 1.807) is 0 Å². The van der Waals surface area contributed by atoms with Gasteiger partial charge < -0.3 is 13.0 Å². The van der Waals surface area contributed by atoms with Gasteiger partial charge in [-0.2, -0.15) is 0 Å². The van der Waals surface area contributed by atoms with E-state index >= 15 is 0 Å². The summed E-state index contributed by atoms with van der Waals surface area (Å²) < 4.78 is 24.1. The summed E-state index contributed by atoms with van der Waals surface area (Å²) in [5.41, 5.74) is 0. The molecule has 0 aliphatic carbocycles. The smallest absolute Gasteiger partial charge is 0.0495 e. The molecule has 0 bridgehead atoms. The van der Waals surface area contributed by atoms with Gasteiger partial charge in [0.15, 0.2) is 0 Å². The molecule has 0 amide bonds. The van der Waals surface area contributed by atoms with Crippen molar-refractivity contribution in [1.82, 2.24) is 0 Å². The predicted octanol–water partition coefficient (Wildman–Crippen LogP) is -0.615. The van der Waals surface area contributed by atoms with Crippen LogP contribution in [0, 0.1) is 0 Å². The van der Waals surface area contributed by atoms with Gasteiger partial charge in [-0.1, -0.05) is 0 Å². The van der Waals surface area contributed by atoms with Crippen molar-refractivity contribution in [2.75, 3.05) is 0 Å². The fourth-order valence-electron chi connectivity index (χ4n) is 0. The second-order valence-corrected chi connectivity index (χ2v) is 0.651. The molecule has 30 valence electrons. The van der Waals surface area contributed by atoms with Crippen molar-refractivity contribution >= 4 is 48.7 Å². The molecule has 6 heavy (non-hydrogen) atoms. The van der Waals surface area contributed by atoms with Crippen molar-refractivity contribution in [3.05, 3.63) is 0 Å². The molecule has 0 aromatic carbocycles. The second kappa shape index (κ2) is 9.92. The third-order valence-corrected chi connectivity index (χ3v) is 0. The number of hydrogen-bond acceptors (Lipinski definition) is 3. The Morgan fingerprint density at radius 1 is 1.33 bits per heavy atom. The van der Waals surface area contributed by atoms with Crippen molar-refractivity contribution in [3.8, 4) is 0 Å². The normalized spacial score (nSPS) is 5.67. The zero-order chi connectivity index (χ0) is 3.58. The molecule has 0 atom stereocenters. The van der Waals surface area contributed by atoms with E-state index < -0.39 is 11.0 Å². The van der Waals surface area contributed by atoms with Crippen LogP contribution in [-0.4, -0.2) is 42.3 Å². The molecular formula is HCaO3SZn-. The Hall–Kier alpha value is 1.79. The van der Waals surface area contributed by atoms with Gasteiger partial charge in [0.25, 0.3) is 0 Å². The number of rotatable bonds is 0. The third kappa shape index (κ3) is 41.4. The van der Waals surface area contributed by atoms with E-state index in [4.69, 9.17) is 13.0 Å². The largest absolute Gasteiger partial charge is 0.439 e. The summed E-state index contributed by atoms with van der Waals surface area (Å²) in [5, 5.41) is 0. The van der Waals surface area contributed by atoms with Crippen LogP contribution in [0.15, 0.2) is 0 Å². The molecule has 0 aromatic rings. The first kappa shape index (κ1) is 15.7. The molecule has 0 spiro atoms. The van der Waals surface area contributed by atoms with Crippen molar-refractivity contribution in [1.29, 1.82) is 0 Å². The summed E-state index contributed by atoms with van der Waals surface area (Å²) in [6.45, 7) is 0. The molecule has 6 heteroatoms. The quantitative estimate of drug-likeness (QED) is 0.238. The Balaban J connectivity index is -0.0000000450. The van der Waals surface area contributed by atoms with Crippen LogP contribution in [0.4, 0.5) is 0 Å². The molecule has 0 fully saturated rings. The van der Waals surface area contributed by atoms with Gasteiger partial charge in [-0.05, 0) is 0 Å². The van der Waals surface area contributed by atoms with E-state index in [9.17, 15) is 0 Å². The fourth-order valence-corrected chi connectivity index (χ4v) is 0. The molecule has 0 saturated carbocycles. The van der Waals surface area contributed by atoms with E-state index in [-0.39, 0.29) is 57.2 Å². The summed E-state index contributed by atoms with van der Waals surface area (Å²) in [6.07, 6.45) is 0. The van der Waals surface area contributed by atoms with Crippen molar-refractivity contribution < 1.29 is 32.4 Å². The zero-order valence-electron chi connectivity index (χ0n) is 3.09. The van der Waals surface area contributed by atoms with Gasteiger partial charge in [-0.25, -0.2) is 0 Å². The van der Waals surface area contributed by atoms with Crippen LogP contribution in [0.25, 0.3) is 0 Å². The zero-order valence-corrected chi connectivity index (χ0v) is 9.08. The van der Waals surface area contributed by atoms with Crippen molar-refractivity contribution in [3.63, 3.8) is 0 Å². The Morgan fingerprint density at radius 2 is 1.33 bits per heavy atom. The van der Waals surface area contributed by atoms with E-state index in [1.165, 1.54) is 0 Å². The average molecular weight is 187 g/mol. The Kier molecular flexibility index (Phi) is 25.9. The average Bonchev–Trinajstić information content (AvgIpc) is 0.811. The summed E-state index contributed by atoms with van der Waals surface area (Å²) in [7, 11) is -2.86. The van der Waals surface area contributed by atoms with Crippen LogP contribution in [0.5, 0.6) is 0 Å². The van der Waals surface area contributed by atoms with Crippen LogP contribution in [0.3, 0.4) is 0 Å². The Morgan fingerprint density at radius 3 is 1.33 bits per heavy atom. The minimum atomic E-state index is -2.86. The summed E-state index contributed by atoms with van der Waals surface area (Å²) in [6, 6.07) is 0. The van der Waals surface area contributed by atoms with E-state index in [0.717, 1.165) is 0 Å². The van der Waals surface area contributed by atoms with Crippen LogP contribution >= 0.6 is 0 Å². The molecule has 3 nitrogen and oxygen atoms in total. The predicted molar refractivity (Wildman–Crippen MR) is 17.1 cm³/mol. The Bertz CT molecular complexity index is 59.2. The molecule has 0 heterocycles. The standard InChI is InChI=1S/Ca.HO3S.Zn/c;1-4(2)3;/h;(H,1,2,3);/q;-1;. The van der Waals surface area contributed by atoms with Crippen LogP contribution < -0.4 is 0 Å². The maximum Gasteiger partial charge on any atom is 0.0495 e. The molecule has 0 aliphatic heterocycles. The van der Waals surface area contributed by atoms with Gasteiger partial charge in [-0.3, -0.25) is 0 Å². The SMILES string of the molecule is O=[S-](=O)O.[Ca].[Zn]. The maximum atomic E-state index is 8.56. The second-order valence-electron chi connectivity index (χ2n) is 0.217. The summed E-state index contributed by atoms with van der Waals surface area (Å²) in [5.74, 6) is 0. The van der Waals surface area contributed by atoms with Gasteiger partial charge in [0.1, 0.15) is 0 Å².